The van der Waals surface area contributed by atoms with Gasteiger partial charge in [-0.2, -0.15) is 0 Å². The van der Waals surface area contributed by atoms with Gasteiger partial charge in [-0.1, -0.05) is 256 Å². The summed E-state index contributed by atoms with van der Waals surface area (Å²) in [6, 6.07) is -0.994. The second kappa shape index (κ2) is 52.3. The van der Waals surface area contributed by atoms with Crippen molar-refractivity contribution in [3.05, 3.63) is 36.5 Å². The highest BCUT2D eigenvalue weighted by atomic mass is 16.8. The van der Waals surface area contributed by atoms with Crippen LogP contribution in [0.4, 0.5) is 0 Å². The third-order valence-electron chi connectivity index (χ3n) is 17.9. The molecule has 3 aliphatic rings. The van der Waals surface area contributed by atoms with E-state index in [1.807, 2.05) is 6.08 Å². The molecule has 0 aromatic carbocycles. The molecule has 0 spiro atoms. The maximum atomic E-state index is 13.4. The first-order valence-corrected chi connectivity index (χ1v) is 35.7. The van der Waals surface area contributed by atoms with E-state index in [-0.39, 0.29) is 18.9 Å². The van der Waals surface area contributed by atoms with Gasteiger partial charge in [0.1, 0.15) is 73.2 Å². The summed E-state index contributed by atoms with van der Waals surface area (Å²) >= 11 is 0. The number of ether oxygens (including phenoxy) is 6. The van der Waals surface area contributed by atoms with Gasteiger partial charge < -0.3 is 89.9 Å². The van der Waals surface area contributed by atoms with Crippen molar-refractivity contribution < 1.29 is 89.4 Å². The molecule has 0 aliphatic carbocycles. The molecule has 89 heavy (non-hydrogen) atoms. The molecule has 12 N–H and O–H groups in total. The zero-order chi connectivity index (χ0) is 64.7. The molecule has 522 valence electrons. The molecule has 3 fully saturated rings. The van der Waals surface area contributed by atoms with Gasteiger partial charge in [0.05, 0.1) is 38.6 Å². The molecule has 0 aromatic heterocycles. The summed E-state index contributed by atoms with van der Waals surface area (Å²) in [6.07, 6.45) is 34.2. The Kier molecular flexibility index (Phi) is 47.7. The number of aliphatic hydroxyl groups excluding tert-OH is 11. The van der Waals surface area contributed by atoms with Crippen LogP contribution in [-0.4, -0.2) is 193 Å². The predicted molar refractivity (Wildman–Crippen MR) is 346 cm³/mol. The van der Waals surface area contributed by atoms with Crippen LogP contribution in [0.25, 0.3) is 0 Å². The van der Waals surface area contributed by atoms with Gasteiger partial charge in [0.25, 0.3) is 0 Å². The van der Waals surface area contributed by atoms with E-state index in [4.69, 9.17) is 28.4 Å². The lowest BCUT2D eigenvalue weighted by Crippen LogP contribution is -2.66. The molecule has 0 aromatic rings. The van der Waals surface area contributed by atoms with Crippen molar-refractivity contribution in [2.24, 2.45) is 0 Å². The molecular formula is C70H129NO18. The maximum absolute atomic E-state index is 13.4. The number of hydrogen-bond acceptors (Lipinski definition) is 18. The van der Waals surface area contributed by atoms with Crippen LogP contribution in [0.2, 0.25) is 0 Å². The van der Waals surface area contributed by atoms with E-state index in [1.165, 1.54) is 193 Å². The van der Waals surface area contributed by atoms with E-state index in [9.17, 15) is 61.0 Å². The third kappa shape index (κ3) is 34.3. The number of carbonyl (C=O) groups is 1. The number of amides is 1. The molecule has 19 nitrogen and oxygen atoms in total. The smallest absolute Gasteiger partial charge is 0.220 e. The lowest BCUT2D eigenvalue weighted by atomic mass is 9.96. The van der Waals surface area contributed by atoms with Gasteiger partial charge in [0, 0.05) is 6.42 Å². The van der Waals surface area contributed by atoms with E-state index in [0.29, 0.717) is 12.8 Å². The average molecular weight is 1270 g/mol. The Labute approximate surface area is 536 Å². The highest BCUT2D eigenvalue weighted by Gasteiger charge is 2.53. The average Bonchev–Trinajstić information content (AvgIpc) is 2.42. The van der Waals surface area contributed by atoms with Crippen LogP contribution in [0.1, 0.15) is 271 Å². The first-order valence-electron chi connectivity index (χ1n) is 35.7. The summed E-state index contributed by atoms with van der Waals surface area (Å²) in [5.74, 6) is -0.286. The Bertz CT molecular complexity index is 1760. The topological polar surface area (TPSA) is 307 Å². The van der Waals surface area contributed by atoms with Crippen LogP contribution >= 0.6 is 0 Å². The lowest BCUT2D eigenvalue weighted by molar-refractivity contribution is -0.379. The van der Waals surface area contributed by atoms with Crippen LogP contribution in [-0.2, 0) is 33.2 Å². The predicted octanol–water partition coefficient (Wildman–Crippen LogP) is 9.61. The minimum atomic E-state index is -1.98. The summed E-state index contributed by atoms with van der Waals surface area (Å²) in [6.45, 7) is 1.73. The maximum Gasteiger partial charge on any atom is 0.220 e. The minimum absolute atomic E-state index is 0.235. The molecule has 3 saturated heterocycles. The van der Waals surface area contributed by atoms with Crippen LogP contribution in [0.15, 0.2) is 36.5 Å². The van der Waals surface area contributed by atoms with Gasteiger partial charge in [-0.25, -0.2) is 0 Å². The Hall–Kier alpha value is -1.99. The third-order valence-corrected chi connectivity index (χ3v) is 17.9. The SMILES string of the molecule is CCCCCCCCCCCCCCCCCCCC/C=C/CC/C=C/CC/C=C/C(O)C(COC1OC(CO)C(OC2OC(CO)C(OC3OC(CO)C(O)C(O)C3O)C(O)C2O)C(O)C1O)NC(=O)CCCCCCCCCCCCCCCCCC. The molecule has 19 heteroatoms. The van der Waals surface area contributed by atoms with Gasteiger partial charge >= 0.3 is 0 Å². The van der Waals surface area contributed by atoms with Crippen molar-refractivity contribution in [3.63, 3.8) is 0 Å². The zero-order valence-electron chi connectivity index (χ0n) is 55.2. The fourth-order valence-corrected chi connectivity index (χ4v) is 12.1. The zero-order valence-corrected chi connectivity index (χ0v) is 55.2. The number of nitrogens with one attached hydrogen (secondary N) is 1. The first kappa shape index (κ1) is 81.2. The molecule has 0 radical (unpaired) electrons. The summed E-state index contributed by atoms with van der Waals surface area (Å²) in [4.78, 5) is 13.4. The number of hydrogen-bond donors (Lipinski definition) is 12. The molecule has 17 unspecified atom stereocenters. The van der Waals surface area contributed by atoms with E-state index in [2.05, 4.69) is 43.5 Å². The number of allylic oxidation sites excluding steroid dienone is 5. The van der Waals surface area contributed by atoms with Crippen molar-refractivity contribution in [2.45, 2.75) is 375 Å². The second-order valence-corrected chi connectivity index (χ2v) is 25.7. The van der Waals surface area contributed by atoms with Crippen molar-refractivity contribution in [1.82, 2.24) is 5.32 Å². The summed E-state index contributed by atoms with van der Waals surface area (Å²) in [5.41, 5.74) is 0. The Morgan fingerprint density at radius 3 is 1.12 bits per heavy atom. The number of unbranched alkanes of at least 4 members (excludes halogenated alkanes) is 35. The van der Waals surface area contributed by atoms with Crippen LogP contribution < -0.4 is 5.32 Å². The number of carbonyl (C=O) groups excluding carboxylic acids is 1. The van der Waals surface area contributed by atoms with Crippen molar-refractivity contribution in [3.8, 4) is 0 Å². The standard InChI is InChI=1S/C70H129NO18/c1-3-5-7-9-11-13-15-17-19-21-22-23-24-25-26-27-28-29-30-31-32-33-35-37-39-41-43-45-47-54(75)53(71-58(76)48-46-44-42-40-38-36-34-20-18-16-14-12-10-8-6-4-2)52-84-68-64(82)61(79)66(56(50-73)86-68)89-70-65(83)62(80)67(57(51-74)87-70)88-69-63(81)60(78)59(77)55(49-72)85-69/h31-32,37,39,45,47,53-57,59-70,72-75,77-83H,3-30,33-36,38,40-44,46,48-52H2,1-2H3,(H,71,76)/b32-31+,39-37+,47-45+. The van der Waals surface area contributed by atoms with Crippen molar-refractivity contribution in [2.75, 3.05) is 26.4 Å². The quantitative estimate of drug-likeness (QED) is 0.0199. The molecule has 1 amide bonds. The lowest BCUT2D eigenvalue weighted by Gasteiger charge is -2.48. The molecule has 3 heterocycles. The second-order valence-electron chi connectivity index (χ2n) is 25.7. The largest absolute Gasteiger partial charge is 0.394 e. The Morgan fingerprint density at radius 1 is 0.393 bits per heavy atom. The molecule has 3 rings (SSSR count). The summed E-state index contributed by atoms with van der Waals surface area (Å²) < 4.78 is 34.3. The van der Waals surface area contributed by atoms with E-state index >= 15 is 0 Å². The molecule has 0 saturated carbocycles. The van der Waals surface area contributed by atoms with Gasteiger partial charge in [-0.3, -0.25) is 4.79 Å². The van der Waals surface area contributed by atoms with Crippen LogP contribution in [0.3, 0.4) is 0 Å². The highest BCUT2D eigenvalue weighted by Crippen LogP contribution is 2.33. The monoisotopic (exact) mass is 1270 g/mol. The Balaban J connectivity index is 1.44. The summed E-state index contributed by atoms with van der Waals surface area (Å²) in [7, 11) is 0. The van der Waals surface area contributed by atoms with Crippen LogP contribution in [0, 0.1) is 0 Å². The van der Waals surface area contributed by atoms with E-state index < -0.39 is 124 Å². The molecule has 3 aliphatic heterocycles. The Morgan fingerprint density at radius 2 is 0.719 bits per heavy atom. The van der Waals surface area contributed by atoms with E-state index in [0.717, 1.165) is 44.9 Å². The summed E-state index contributed by atoms with van der Waals surface area (Å²) in [5, 5.41) is 120. The van der Waals surface area contributed by atoms with Crippen molar-refractivity contribution in [1.29, 1.82) is 0 Å². The van der Waals surface area contributed by atoms with Crippen molar-refractivity contribution >= 4 is 5.91 Å². The molecule has 17 atom stereocenters. The normalized spacial score (nSPS) is 28.4. The molecule has 0 bridgehead atoms. The van der Waals surface area contributed by atoms with Gasteiger partial charge in [0.2, 0.25) is 5.91 Å². The molecular weight excluding hydrogens is 1140 g/mol. The van der Waals surface area contributed by atoms with Crippen LogP contribution in [0.5, 0.6) is 0 Å². The fourth-order valence-electron chi connectivity index (χ4n) is 12.1. The first-order chi connectivity index (χ1) is 43.3. The minimum Gasteiger partial charge on any atom is -0.394 e. The van der Waals surface area contributed by atoms with Gasteiger partial charge in [0.15, 0.2) is 18.9 Å². The number of aliphatic hydroxyl groups is 11. The van der Waals surface area contributed by atoms with Gasteiger partial charge in [-0.05, 0) is 44.9 Å². The van der Waals surface area contributed by atoms with E-state index in [1.54, 1.807) is 6.08 Å². The fraction of sp³-hybridized carbons (Fsp3) is 0.900. The highest BCUT2D eigenvalue weighted by molar-refractivity contribution is 5.76. The van der Waals surface area contributed by atoms with Gasteiger partial charge in [-0.15, -0.1) is 0 Å². The number of rotatable bonds is 55.